The number of amides is 1. The summed E-state index contributed by atoms with van der Waals surface area (Å²) in [6, 6.07) is 12.2. The van der Waals surface area contributed by atoms with Gasteiger partial charge in [0.1, 0.15) is 16.8 Å². The first-order valence-electron chi connectivity index (χ1n) is 6.02. The lowest BCUT2D eigenvalue weighted by Gasteiger charge is -2.05. The van der Waals surface area contributed by atoms with Crippen LogP contribution in [-0.4, -0.2) is 20.1 Å². The molecule has 0 fully saturated rings. The topological polar surface area (TPSA) is 87.0 Å². The maximum absolute atomic E-state index is 12.0. The Morgan fingerprint density at radius 3 is 2.62 bits per heavy atom. The molecule has 2 rings (SSSR count). The molecule has 0 aliphatic heterocycles. The van der Waals surface area contributed by atoms with Gasteiger partial charge in [-0.3, -0.25) is 4.79 Å². The van der Waals surface area contributed by atoms with Crippen LogP contribution >= 0.6 is 11.3 Å². The third-order valence-electron chi connectivity index (χ3n) is 2.62. The Bertz CT molecular complexity index is 774. The van der Waals surface area contributed by atoms with Crippen LogP contribution < -0.4 is 5.32 Å². The quantitative estimate of drug-likeness (QED) is 0.914. The number of hydrogen-bond donors (Lipinski definition) is 1. The number of thiophene rings is 1. The Balaban J connectivity index is 2.00. The molecule has 7 heteroatoms. The van der Waals surface area contributed by atoms with Crippen LogP contribution in [0, 0.1) is 11.3 Å². The molecule has 108 valence electrons. The summed E-state index contributed by atoms with van der Waals surface area (Å²) in [7, 11) is -3.55. The van der Waals surface area contributed by atoms with Crippen LogP contribution in [0.25, 0.3) is 0 Å². The van der Waals surface area contributed by atoms with E-state index in [1.54, 1.807) is 41.8 Å². The first-order valence-corrected chi connectivity index (χ1v) is 8.72. The Labute approximate surface area is 126 Å². The number of rotatable bonds is 5. The zero-order valence-electron chi connectivity index (χ0n) is 10.9. The highest BCUT2D eigenvalue weighted by Crippen LogP contribution is 2.22. The predicted octanol–water partition coefficient (Wildman–Crippen LogP) is 2.17. The van der Waals surface area contributed by atoms with Crippen LogP contribution in [0.2, 0.25) is 0 Å². The van der Waals surface area contributed by atoms with E-state index in [-0.39, 0.29) is 5.75 Å². The van der Waals surface area contributed by atoms with Gasteiger partial charge in [-0.1, -0.05) is 30.3 Å². The van der Waals surface area contributed by atoms with E-state index in [0.717, 1.165) is 0 Å². The number of nitrogens with zero attached hydrogens (tertiary/aromatic N) is 1. The Kier molecular flexibility index (Phi) is 4.73. The Morgan fingerprint density at radius 2 is 1.95 bits per heavy atom. The third-order valence-corrected chi connectivity index (χ3v) is 4.92. The number of benzene rings is 1. The molecule has 0 spiro atoms. The van der Waals surface area contributed by atoms with Gasteiger partial charge in [0.25, 0.3) is 0 Å². The fourth-order valence-electron chi connectivity index (χ4n) is 1.74. The van der Waals surface area contributed by atoms with E-state index in [0.29, 0.717) is 16.1 Å². The molecule has 0 unspecified atom stereocenters. The van der Waals surface area contributed by atoms with Crippen molar-refractivity contribution in [3.05, 3.63) is 52.9 Å². The second kappa shape index (κ2) is 6.52. The average molecular weight is 320 g/mol. The van der Waals surface area contributed by atoms with Crippen LogP contribution in [0.5, 0.6) is 0 Å². The molecule has 1 N–H and O–H groups in total. The molecule has 1 heterocycles. The van der Waals surface area contributed by atoms with Gasteiger partial charge < -0.3 is 5.32 Å². The van der Waals surface area contributed by atoms with Crippen molar-refractivity contribution in [2.24, 2.45) is 0 Å². The highest BCUT2D eigenvalue weighted by atomic mass is 32.2. The molecular weight excluding hydrogens is 308 g/mol. The van der Waals surface area contributed by atoms with Crippen LogP contribution in [0.15, 0.2) is 41.8 Å². The zero-order chi connectivity index (χ0) is 15.3. The van der Waals surface area contributed by atoms with E-state index in [1.807, 2.05) is 6.07 Å². The van der Waals surface area contributed by atoms with Crippen LogP contribution in [0.3, 0.4) is 0 Å². The number of carbonyl (C=O) groups excluding carboxylic acids is 1. The maximum atomic E-state index is 12.0. The summed E-state index contributed by atoms with van der Waals surface area (Å²) < 4.78 is 23.9. The SMILES string of the molecule is N#Cc1ccsc1NC(=O)CS(=O)(=O)Cc1ccccc1. The number of nitrogens with one attached hydrogen (secondary N) is 1. The lowest BCUT2D eigenvalue weighted by atomic mass is 10.2. The van der Waals surface area contributed by atoms with E-state index in [1.165, 1.54) is 11.3 Å². The number of hydrogen-bond acceptors (Lipinski definition) is 5. The molecule has 21 heavy (non-hydrogen) atoms. The van der Waals surface area contributed by atoms with Crippen molar-refractivity contribution < 1.29 is 13.2 Å². The molecule has 0 atom stereocenters. The van der Waals surface area contributed by atoms with Crippen molar-refractivity contribution >= 4 is 32.1 Å². The summed E-state index contributed by atoms with van der Waals surface area (Å²) in [5, 5.41) is 13.3. The summed E-state index contributed by atoms with van der Waals surface area (Å²) in [4.78, 5) is 11.8. The molecule has 2 aromatic rings. The van der Waals surface area contributed by atoms with Gasteiger partial charge in [0.2, 0.25) is 5.91 Å². The number of sulfone groups is 1. The predicted molar refractivity (Wildman–Crippen MR) is 81.6 cm³/mol. The van der Waals surface area contributed by atoms with Gasteiger partial charge in [0.05, 0.1) is 11.3 Å². The van der Waals surface area contributed by atoms with Crippen molar-refractivity contribution in [2.75, 3.05) is 11.1 Å². The molecule has 5 nitrogen and oxygen atoms in total. The van der Waals surface area contributed by atoms with Crippen molar-refractivity contribution in [1.29, 1.82) is 5.26 Å². The lowest BCUT2D eigenvalue weighted by Crippen LogP contribution is -2.23. The van der Waals surface area contributed by atoms with Crippen LogP contribution in [-0.2, 0) is 20.4 Å². The maximum Gasteiger partial charge on any atom is 0.240 e. The van der Waals surface area contributed by atoms with Crippen molar-refractivity contribution in [3.63, 3.8) is 0 Å². The minimum Gasteiger partial charge on any atom is -0.316 e. The first kappa shape index (κ1) is 15.2. The molecule has 1 aromatic heterocycles. The Morgan fingerprint density at radius 1 is 1.24 bits per heavy atom. The standard InChI is InChI=1S/C14H12N2O3S2/c15-8-12-6-7-20-14(12)16-13(17)10-21(18,19)9-11-4-2-1-3-5-11/h1-7H,9-10H2,(H,16,17). The summed E-state index contributed by atoms with van der Waals surface area (Å²) in [6.07, 6.45) is 0. The van der Waals surface area contributed by atoms with Gasteiger partial charge in [0, 0.05) is 0 Å². The molecule has 1 amide bonds. The fourth-order valence-corrected chi connectivity index (χ4v) is 3.76. The molecule has 0 saturated carbocycles. The monoisotopic (exact) mass is 320 g/mol. The third kappa shape index (κ3) is 4.41. The van der Waals surface area contributed by atoms with Crippen molar-refractivity contribution in [2.45, 2.75) is 5.75 Å². The molecule has 0 bridgehead atoms. The second-order valence-corrected chi connectivity index (χ2v) is 7.32. The van der Waals surface area contributed by atoms with E-state index in [4.69, 9.17) is 5.26 Å². The molecule has 0 saturated heterocycles. The Hall–Kier alpha value is -2.17. The average Bonchev–Trinajstić information content (AvgIpc) is 2.85. The molecule has 0 aliphatic carbocycles. The summed E-state index contributed by atoms with van der Waals surface area (Å²) >= 11 is 1.18. The number of carbonyl (C=O) groups is 1. The molecule has 0 radical (unpaired) electrons. The first-order chi connectivity index (χ1) is 10.00. The van der Waals surface area contributed by atoms with Crippen LogP contribution in [0.1, 0.15) is 11.1 Å². The number of anilines is 1. The van der Waals surface area contributed by atoms with Gasteiger partial charge in [0.15, 0.2) is 9.84 Å². The minimum atomic E-state index is -3.55. The molecule has 1 aromatic carbocycles. The van der Waals surface area contributed by atoms with Gasteiger partial charge in [-0.2, -0.15) is 5.26 Å². The summed E-state index contributed by atoms with van der Waals surface area (Å²) in [5.41, 5.74) is 0.966. The zero-order valence-corrected chi connectivity index (χ0v) is 12.6. The van der Waals surface area contributed by atoms with Crippen LogP contribution in [0.4, 0.5) is 5.00 Å². The fraction of sp³-hybridized carbons (Fsp3) is 0.143. The summed E-state index contributed by atoms with van der Waals surface area (Å²) in [6.45, 7) is 0. The molecule has 0 aliphatic rings. The van der Waals surface area contributed by atoms with E-state index in [9.17, 15) is 13.2 Å². The number of nitriles is 1. The highest BCUT2D eigenvalue weighted by Gasteiger charge is 2.18. The minimum absolute atomic E-state index is 0.184. The largest absolute Gasteiger partial charge is 0.316 e. The van der Waals surface area contributed by atoms with Gasteiger partial charge >= 0.3 is 0 Å². The van der Waals surface area contributed by atoms with E-state index < -0.39 is 21.5 Å². The molecular formula is C14H12N2O3S2. The van der Waals surface area contributed by atoms with E-state index >= 15 is 0 Å². The second-order valence-electron chi connectivity index (χ2n) is 4.34. The normalized spacial score (nSPS) is 10.8. The highest BCUT2D eigenvalue weighted by molar-refractivity contribution is 7.91. The summed E-state index contributed by atoms with van der Waals surface area (Å²) in [5.74, 6) is -1.42. The van der Waals surface area contributed by atoms with Gasteiger partial charge in [-0.05, 0) is 17.0 Å². The van der Waals surface area contributed by atoms with Gasteiger partial charge in [-0.25, -0.2) is 8.42 Å². The van der Waals surface area contributed by atoms with Crippen molar-refractivity contribution in [1.82, 2.24) is 0 Å². The van der Waals surface area contributed by atoms with Crippen molar-refractivity contribution in [3.8, 4) is 6.07 Å². The lowest BCUT2D eigenvalue weighted by molar-refractivity contribution is -0.113. The van der Waals surface area contributed by atoms with E-state index in [2.05, 4.69) is 5.32 Å². The smallest absolute Gasteiger partial charge is 0.240 e. The van der Waals surface area contributed by atoms with Gasteiger partial charge in [-0.15, -0.1) is 11.3 Å².